The first-order valence-corrected chi connectivity index (χ1v) is 14.1. The molecule has 0 aliphatic carbocycles. The first-order valence-electron chi connectivity index (χ1n) is 12.5. The summed E-state index contributed by atoms with van der Waals surface area (Å²) in [5.41, 5.74) is 2.91. The van der Waals surface area contributed by atoms with Crippen molar-refractivity contribution in [1.29, 1.82) is 0 Å². The first-order chi connectivity index (χ1) is 17.4. The monoisotopic (exact) mass is 568 g/mol. The second-order valence-corrected chi connectivity index (χ2v) is 11.4. The Labute approximate surface area is 226 Å². The van der Waals surface area contributed by atoms with Crippen molar-refractivity contribution in [1.82, 2.24) is 9.80 Å². The van der Waals surface area contributed by atoms with E-state index < -0.39 is 0 Å². The van der Waals surface area contributed by atoms with Crippen LogP contribution in [0.25, 0.3) is 0 Å². The van der Waals surface area contributed by atoms with E-state index >= 15 is 0 Å². The van der Waals surface area contributed by atoms with Crippen LogP contribution in [-0.4, -0.2) is 47.9 Å². The smallest absolute Gasteiger partial charge is 0.254 e. The molecule has 2 aromatic carbocycles. The number of ether oxygens (including phenoxy) is 1. The quantitative estimate of drug-likeness (QED) is 0.295. The summed E-state index contributed by atoms with van der Waals surface area (Å²) in [5, 5.41) is 2.09. The van der Waals surface area contributed by atoms with Crippen LogP contribution in [0.5, 0.6) is 5.75 Å². The number of amides is 2. The lowest BCUT2D eigenvalue weighted by atomic mass is 10.00. The number of nitrogens with zero attached hydrogens (tertiary/aromatic N) is 2. The fourth-order valence-electron chi connectivity index (χ4n) is 4.47. The van der Waals surface area contributed by atoms with Crippen molar-refractivity contribution in [3.8, 4) is 5.75 Å². The van der Waals surface area contributed by atoms with Gasteiger partial charge in [0.15, 0.2) is 0 Å². The van der Waals surface area contributed by atoms with E-state index in [1.165, 1.54) is 10.4 Å². The summed E-state index contributed by atoms with van der Waals surface area (Å²) in [6, 6.07) is 17.3. The molecule has 2 heterocycles. The van der Waals surface area contributed by atoms with Crippen molar-refractivity contribution in [2.45, 2.75) is 39.7 Å². The minimum Gasteiger partial charge on any atom is -0.491 e. The number of hydrogen-bond donors (Lipinski definition) is 0. The van der Waals surface area contributed by atoms with Crippen LogP contribution in [-0.2, 0) is 11.2 Å². The molecular formula is C29H33BrN2O3S. The zero-order chi connectivity index (χ0) is 25.7. The molecule has 0 spiro atoms. The van der Waals surface area contributed by atoms with Gasteiger partial charge in [-0.25, -0.2) is 0 Å². The van der Waals surface area contributed by atoms with Crippen LogP contribution < -0.4 is 4.74 Å². The summed E-state index contributed by atoms with van der Waals surface area (Å²) < 4.78 is 6.99. The molecule has 7 heteroatoms. The van der Waals surface area contributed by atoms with Gasteiger partial charge in [-0.3, -0.25) is 9.59 Å². The van der Waals surface area contributed by atoms with Gasteiger partial charge in [0.05, 0.1) is 6.04 Å². The number of fused-ring (bicyclic) bond motifs is 1. The van der Waals surface area contributed by atoms with E-state index in [0.29, 0.717) is 31.2 Å². The highest BCUT2D eigenvalue weighted by Gasteiger charge is 2.34. The van der Waals surface area contributed by atoms with Crippen molar-refractivity contribution in [3.05, 3.63) is 86.0 Å². The molecule has 36 heavy (non-hydrogen) atoms. The van der Waals surface area contributed by atoms with Crippen LogP contribution in [0.3, 0.4) is 0 Å². The molecule has 2 atom stereocenters. The molecule has 0 saturated carbocycles. The van der Waals surface area contributed by atoms with Gasteiger partial charge in [-0.1, -0.05) is 60.0 Å². The normalized spacial score (nSPS) is 15.8. The standard InChI is InChI=1S/C29H33BrN2O3S/c1-4-20(2)17-31(29(34)22-6-5-7-23(30)16-22)18-28(33)32-14-12-27-25(13-15-36-27)26(32)19-35-24-10-8-21(3)9-11-24/h5-11,13,15-16,20,26H,4,12,14,17-19H2,1-3H3/t20-,26+/m0/s1. The number of aryl methyl sites for hydroxylation is 1. The van der Waals surface area contributed by atoms with Crippen LogP contribution in [0.2, 0.25) is 0 Å². The summed E-state index contributed by atoms with van der Waals surface area (Å²) in [4.78, 5) is 32.1. The fraction of sp³-hybridized carbons (Fsp3) is 0.379. The molecule has 190 valence electrons. The molecule has 0 unspecified atom stereocenters. The Morgan fingerprint density at radius 3 is 2.69 bits per heavy atom. The average molecular weight is 570 g/mol. The number of halogens is 1. The van der Waals surface area contributed by atoms with E-state index in [2.05, 4.69) is 41.2 Å². The first kappa shape index (κ1) is 26.4. The van der Waals surface area contributed by atoms with Gasteiger partial charge in [-0.2, -0.15) is 0 Å². The van der Waals surface area contributed by atoms with E-state index in [1.807, 2.05) is 54.3 Å². The predicted octanol–water partition coefficient (Wildman–Crippen LogP) is 6.51. The Kier molecular flexibility index (Phi) is 8.86. The Morgan fingerprint density at radius 1 is 1.19 bits per heavy atom. The van der Waals surface area contributed by atoms with E-state index in [1.54, 1.807) is 22.3 Å². The van der Waals surface area contributed by atoms with Crippen LogP contribution in [0.1, 0.15) is 52.7 Å². The van der Waals surface area contributed by atoms with Gasteiger partial charge in [-0.05, 0) is 66.6 Å². The summed E-state index contributed by atoms with van der Waals surface area (Å²) in [5.74, 6) is 0.916. The predicted molar refractivity (Wildman–Crippen MR) is 149 cm³/mol. The molecule has 1 aromatic heterocycles. The zero-order valence-corrected chi connectivity index (χ0v) is 23.5. The SMILES string of the molecule is CC[C@H](C)CN(CC(=O)N1CCc2sccc2[C@H]1COc1ccc(C)cc1)C(=O)c1cccc(Br)c1. The Morgan fingerprint density at radius 2 is 1.97 bits per heavy atom. The summed E-state index contributed by atoms with van der Waals surface area (Å²) >= 11 is 5.19. The molecule has 4 rings (SSSR count). The average Bonchev–Trinajstić information content (AvgIpc) is 3.36. The number of carbonyl (C=O) groups is 2. The molecule has 1 aliphatic heterocycles. The summed E-state index contributed by atoms with van der Waals surface area (Å²) in [7, 11) is 0. The van der Waals surface area contributed by atoms with Crippen LogP contribution in [0, 0.1) is 12.8 Å². The molecular weight excluding hydrogens is 536 g/mol. The summed E-state index contributed by atoms with van der Waals surface area (Å²) in [6.07, 6.45) is 1.76. The second-order valence-electron chi connectivity index (χ2n) is 9.49. The van der Waals surface area contributed by atoms with Crippen molar-refractivity contribution in [2.24, 2.45) is 5.92 Å². The topological polar surface area (TPSA) is 49.9 Å². The van der Waals surface area contributed by atoms with Crippen molar-refractivity contribution in [2.75, 3.05) is 26.2 Å². The maximum absolute atomic E-state index is 13.7. The third-order valence-corrected chi connectivity index (χ3v) is 8.25. The molecule has 5 nitrogen and oxygen atoms in total. The molecule has 3 aromatic rings. The Bertz CT molecular complexity index is 1190. The van der Waals surface area contributed by atoms with E-state index in [4.69, 9.17) is 4.74 Å². The third kappa shape index (κ3) is 6.37. The maximum atomic E-state index is 13.7. The largest absolute Gasteiger partial charge is 0.491 e. The van der Waals surface area contributed by atoms with Gasteiger partial charge in [0.25, 0.3) is 5.91 Å². The number of rotatable bonds is 9. The van der Waals surface area contributed by atoms with Crippen molar-refractivity contribution >= 4 is 39.1 Å². The van der Waals surface area contributed by atoms with E-state index in [0.717, 1.165) is 28.6 Å². The highest BCUT2D eigenvalue weighted by Crippen LogP contribution is 2.34. The zero-order valence-electron chi connectivity index (χ0n) is 21.1. The van der Waals surface area contributed by atoms with Gasteiger partial charge in [0.1, 0.15) is 18.9 Å². The number of carbonyl (C=O) groups excluding carboxylic acids is 2. The maximum Gasteiger partial charge on any atom is 0.254 e. The van der Waals surface area contributed by atoms with Gasteiger partial charge in [0.2, 0.25) is 5.91 Å². The number of benzene rings is 2. The molecule has 0 fully saturated rings. The number of hydrogen-bond acceptors (Lipinski definition) is 4. The van der Waals surface area contributed by atoms with Crippen molar-refractivity contribution in [3.63, 3.8) is 0 Å². The highest BCUT2D eigenvalue weighted by atomic mass is 79.9. The molecule has 1 aliphatic rings. The van der Waals surface area contributed by atoms with Crippen LogP contribution in [0.4, 0.5) is 0 Å². The minimum atomic E-state index is -0.180. The van der Waals surface area contributed by atoms with E-state index in [-0.39, 0.29) is 24.4 Å². The fourth-order valence-corrected chi connectivity index (χ4v) is 5.79. The van der Waals surface area contributed by atoms with Gasteiger partial charge in [0, 0.05) is 28.0 Å². The number of thiophene rings is 1. The summed E-state index contributed by atoms with van der Waals surface area (Å²) in [6.45, 7) is 7.85. The Balaban J connectivity index is 1.54. The highest BCUT2D eigenvalue weighted by molar-refractivity contribution is 9.10. The molecule has 0 N–H and O–H groups in total. The van der Waals surface area contributed by atoms with Gasteiger partial charge in [-0.15, -0.1) is 11.3 Å². The molecule has 0 bridgehead atoms. The molecule has 2 amide bonds. The Hall–Kier alpha value is -2.64. The third-order valence-electron chi connectivity index (χ3n) is 6.76. The lowest BCUT2D eigenvalue weighted by Gasteiger charge is -2.37. The van der Waals surface area contributed by atoms with Crippen molar-refractivity contribution < 1.29 is 14.3 Å². The molecule has 0 radical (unpaired) electrons. The van der Waals surface area contributed by atoms with Crippen LogP contribution in [0.15, 0.2) is 64.5 Å². The lowest BCUT2D eigenvalue weighted by Crippen LogP contribution is -2.48. The second kappa shape index (κ2) is 12.1. The van der Waals surface area contributed by atoms with E-state index in [9.17, 15) is 9.59 Å². The molecule has 0 saturated heterocycles. The lowest BCUT2D eigenvalue weighted by molar-refractivity contribution is -0.135. The van der Waals surface area contributed by atoms with Gasteiger partial charge >= 0.3 is 0 Å². The minimum absolute atomic E-state index is 0.0454. The van der Waals surface area contributed by atoms with Crippen LogP contribution >= 0.6 is 27.3 Å². The van der Waals surface area contributed by atoms with Gasteiger partial charge < -0.3 is 14.5 Å².